The van der Waals surface area contributed by atoms with Crippen molar-refractivity contribution in [2.24, 2.45) is 10.4 Å². The number of benzene rings is 1. The molecular formula is C24H40IN3O2. The van der Waals surface area contributed by atoms with Crippen LogP contribution >= 0.6 is 24.0 Å². The maximum atomic E-state index is 6.07. The van der Waals surface area contributed by atoms with Crippen molar-refractivity contribution in [3.63, 3.8) is 0 Å². The lowest BCUT2D eigenvalue weighted by Gasteiger charge is -2.28. The van der Waals surface area contributed by atoms with Gasteiger partial charge in [0, 0.05) is 26.3 Å². The van der Waals surface area contributed by atoms with Crippen LogP contribution < -0.4 is 10.6 Å². The minimum atomic E-state index is 0. The van der Waals surface area contributed by atoms with Gasteiger partial charge in [-0.05, 0) is 55.6 Å². The van der Waals surface area contributed by atoms with Crippen molar-refractivity contribution in [2.45, 2.75) is 78.0 Å². The van der Waals surface area contributed by atoms with E-state index >= 15 is 0 Å². The second kappa shape index (κ2) is 13.5. The minimum Gasteiger partial charge on any atom is -0.381 e. The molecule has 170 valence electrons. The molecule has 0 atom stereocenters. The summed E-state index contributed by atoms with van der Waals surface area (Å²) >= 11 is 0. The van der Waals surface area contributed by atoms with Gasteiger partial charge >= 0.3 is 0 Å². The van der Waals surface area contributed by atoms with Gasteiger partial charge in [0.05, 0.1) is 19.3 Å². The standard InChI is InChI=1S/C24H39N3O2.HI/c1-3-24(12-5-6-13-24)19-27-23(25-4-2)26-17-20-8-7-9-21(16-20)18-29-22-10-14-28-15-11-22;/h7-9,16,22H,3-6,10-15,17-19H2,1-2H3,(H2,25,26,27);1H. The van der Waals surface area contributed by atoms with Crippen LogP contribution in [0, 0.1) is 5.41 Å². The van der Waals surface area contributed by atoms with Crippen LogP contribution in [-0.4, -0.2) is 38.4 Å². The van der Waals surface area contributed by atoms with Crippen molar-refractivity contribution < 1.29 is 9.47 Å². The number of ether oxygens (including phenoxy) is 2. The first-order valence-electron chi connectivity index (χ1n) is 11.5. The van der Waals surface area contributed by atoms with Gasteiger partial charge in [-0.1, -0.05) is 44.0 Å². The maximum absolute atomic E-state index is 6.07. The van der Waals surface area contributed by atoms with Crippen LogP contribution in [0.4, 0.5) is 0 Å². The second-order valence-corrected chi connectivity index (χ2v) is 8.55. The number of halogens is 1. The second-order valence-electron chi connectivity index (χ2n) is 8.55. The number of aliphatic imine (C=N–C) groups is 1. The summed E-state index contributed by atoms with van der Waals surface area (Å²) in [6, 6.07) is 8.62. The van der Waals surface area contributed by atoms with E-state index in [4.69, 9.17) is 14.5 Å². The van der Waals surface area contributed by atoms with Crippen molar-refractivity contribution in [2.75, 3.05) is 26.3 Å². The van der Waals surface area contributed by atoms with Crippen molar-refractivity contribution in [1.29, 1.82) is 0 Å². The maximum Gasteiger partial charge on any atom is 0.191 e. The molecular weight excluding hydrogens is 489 g/mol. The van der Waals surface area contributed by atoms with Crippen LogP contribution in [0.15, 0.2) is 29.3 Å². The number of rotatable bonds is 9. The summed E-state index contributed by atoms with van der Waals surface area (Å²) in [5.41, 5.74) is 2.90. The molecule has 1 aromatic carbocycles. The molecule has 2 aliphatic rings. The zero-order valence-electron chi connectivity index (χ0n) is 18.8. The molecule has 1 heterocycles. The third kappa shape index (κ3) is 8.00. The predicted octanol–water partition coefficient (Wildman–Crippen LogP) is 5.03. The Kier molecular flexibility index (Phi) is 11.5. The molecule has 0 bridgehead atoms. The van der Waals surface area contributed by atoms with Crippen LogP contribution in [0.2, 0.25) is 0 Å². The lowest BCUT2D eigenvalue weighted by molar-refractivity contribution is -0.0390. The molecule has 2 fully saturated rings. The lowest BCUT2D eigenvalue weighted by Crippen LogP contribution is -2.42. The van der Waals surface area contributed by atoms with E-state index in [9.17, 15) is 0 Å². The Bertz CT molecular complexity index is 641. The molecule has 30 heavy (non-hydrogen) atoms. The molecule has 0 unspecified atom stereocenters. The number of nitrogens with one attached hydrogen (secondary N) is 2. The first-order chi connectivity index (χ1) is 14.2. The predicted molar refractivity (Wildman–Crippen MR) is 134 cm³/mol. The average molecular weight is 530 g/mol. The molecule has 0 amide bonds. The normalized spacial score (nSPS) is 19.3. The highest BCUT2D eigenvalue weighted by atomic mass is 127. The van der Waals surface area contributed by atoms with Gasteiger partial charge < -0.3 is 20.1 Å². The Morgan fingerprint density at radius 1 is 1.13 bits per heavy atom. The molecule has 2 N–H and O–H groups in total. The average Bonchev–Trinajstić information content (AvgIpc) is 3.25. The van der Waals surface area contributed by atoms with E-state index in [0.29, 0.717) is 24.7 Å². The molecule has 1 aliphatic carbocycles. The van der Waals surface area contributed by atoms with Crippen molar-refractivity contribution >= 4 is 29.9 Å². The Morgan fingerprint density at radius 3 is 2.57 bits per heavy atom. The van der Waals surface area contributed by atoms with Crippen molar-refractivity contribution in [1.82, 2.24) is 10.6 Å². The topological polar surface area (TPSA) is 54.9 Å². The lowest BCUT2D eigenvalue weighted by atomic mass is 9.83. The van der Waals surface area contributed by atoms with E-state index in [-0.39, 0.29) is 24.0 Å². The zero-order valence-corrected chi connectivity index (χ0v) is 21.1. The molecule has 6 heteroatoms. The number of hydrogen-bond donors (Lipinski definition) is 2. The summed E-state index contributed by atoms with van der Waals surface area (Å²) in [5, 5.41) is 7.01. The Hall–Kier alpha value is -0.860. The molecule has 0 spiro atoms. The Balaban J connectivity index is 0.00000320. The molecule has 1 aromatic rings. The minimum absolute atomic E-state index is 0. The quantitative estimate of drug-likeness (QED) is 0.268. The van der Waals surface area contributed by atoms with Crippen LogP contribution in [0.3, 0.4) is 0 Å². The van der Waals surface area contributed by atoms with E-state index < -0.39 is 0 Å². The van der Waals surface area contributed by atoms with Crippen LogP contribution in [0.25, 0.3) is 0 Å². The van der Waals surface area contributed by atoms with E-state index in [1.165, 1.54) is 43.2 Å². The highest BCUT2D eigenvalue weighted by Crippen LogP contribution is 2.40. The van der Waals surface area contributed by atoms with Gasteiger partial charge in [0.1, 0.15) is 0 Å². The van der Waals surface area contributed by atoms with Crippen LogP contribution in [0.1, 0.15) is 69.9 Å². The molecule has 3 rings (SSSR count). The fourth-order valence-electron chi connectivity index (χ4n) is 4.44. The third-order valence-corrected chi connectivity index (χ3v) is 6.45. The van der Waals surface area contributed by atoms with E-state index in [2.05, 4.69) is 48.7 Å². The van der Waals surface area contributed by atoms with Gasteiger partial charge in [-0.2, -0.15) is 0 Å². The first kappa shape index (κ1) is 25.4. The number of nitrogens with zero attached hydrogens (tertiary/aromatic N) is 1. The zero-order chi connectivity index (χ0) is 20.4. The largest absolute Gasteiger partial charge is 0.381 e. The third-order valence-electron chi connectivity index (χ3n) is 6.45. The highest BCUT2D eigenvalue weighted by molar-refractivity contribution is 14.0. The Labute approximate surface area is 199 Å². The monoisotopic (exact) mass is 529 g/mol. The summed E-state index contributed by atoms with van der Waals surface area (Å²) in [6.07, 6.45) is 8.99. The molecule has 1 saturated carbocycles. The molecule has 0 radical (unpaired) electrons. The first-order valence-corrected chi connectivity index (χ1v) is 11.5. The fraction of sp³-hybridized carbons (Fsp3) is 0.708. The van der Waals surface area contributed by atoms with Crippen molar-refractivity contribution in [3.05, 3.63) is 35.4 Å². The van der Waals surface area contributed by atoms with E-state index in [1.807, 2.05) is 0 Å². The van der Waals surface area contributed by atoms with E-state index in [1.54, 1.807) is 0 Å². The summed E-state index contributed by atoms with van der Waals surface area (Å²) in [5.74, 6) is 0.927. The van der Waals surface area contributed by atoms with Gasteiger partial charge in [0.2, 0.25) is 0 Å². The fourth-order valence-corrected chi connectivity index (χ4v) is 4.44. The number of hydrogen-bond acceptors (Lipinski definition) is 3. The summed E-state index contributed by atoms with van der Waals surface area (Å²) in [6.45, 7) is 9.33. The highest BCUT2D eigenvalue weighted by Gasteiger charge is 2.31. The molecule has 0 aromatic heterocycles. The summed E-state index contributed by atoms with van der Waals surface area (Å²) in [7, 11) is 0. The van der Waals surface area contributed by atoms with Crippen LogP contribution in [0.5, 0.6) is 0 Å². The molecule has 1 aliphatic heterocycles. The SMILES string of the molecule is CCNC(=NCc1cccc(COC2CCOCC2)c1)NCC1(CC)CCCC1.I. The van der Waals surface area contributed by atoms with Gasteiger partial charge in [0.25, 0.3) is 0 Å². The molecule has 5 nitrogen and oxygen atoms in total. The number of guanidine groups is 1. The van der Waals surface area contributed by atoms with Gasteiger partial charge in [-0.15, -0.1) is 24.0 Å². The summed E-state index contributed by atoms with van der Waals surface area (Å²) in [4.78, 5) is 4.84. The van der Waals surface area contributed by atoms with Crippen LogP contribution in [-0.2, 0) is 22.6 Å². The molecule has 1 saturated heterocycles. The van der Waals surface area contributed by atoms with Gasteiger partial charge in [-0.3, -0.25) is 0 Å². The van der Waals surface area contributed by atoms with Gasteiger partial charge in [-0.25, -0.2) is 4.99 Å². The van der Waals surface area contributed by atoms with Gasteiger partial charge in [0.15, 0.2) is 5.96 Å². The Morgan fingerprint density at radius 2 is 1.87 bits per heavy atom. The van der Waals surface area contributed by atoms with Crippen molar-refractivity contribution in [3.8, 4) is 0 Å². The smallest absolute Gasteiger partial charge is 0.191 e. The van der Waals surface area contributed by atoms with E-state index in [0.717, 1.165) is 45.1 Å². The summed E-state index contributed by atoms with van der Waals surface area (Å²) < 4.78 is 11.5.